The Morgan fingerprint density at radius 1 is 1.33 bits per heavy atom. The van der Waals surface area contributed by atoms with Crippen molar-refractivity contribution in [2.24, 2.45) is 0 Å². The highest BCUT2D eigenvalue weighted by Gasteiger charge is 2.26. The predicted molar refractivity (Wildman–Crippen MR) is 64.0 cm³/mol. The Balaban J connectivity index is 2.45. The third-order valence-corrected chi connectivity index (χ3v) is 3.52. The summed E-state index contributed by atoms with van der Waals surface area (Å²) in [5.41, 5.74) is 0. The lowest BCUT2D eigenvalue weighted by Gasteiger charge is -2.40. The van der Waals surface area contributed by atoms with E-state index in [0.717, 1.165) is 13.1 Å². The zero-order chi connectivity index (χ0) is 11.3. The highest BCUT2D eigenvalue weighted by molar-refractivity contribution is 4.83. The molecule has 0 aromatic carbocycles. The second-order valence-electron chi connectivity index (χ2n) is 4.76. The summed E-state index contributed by atoms with van der Waals surface area (Å²) in [5.74, 6) is 0. The van der Waals surface area contributed by atoms with Crippen LogP contribution >= 0.6 is 0 Å². The normalized spacial score (nSPS) is 30.4. The van der Waals surface area contributed by atoms with Crippen molar-refractivity contribution in [3.8, 4) is 0 Å². The number of nitrogens with zero attached hydrogens (tertiary/aromatic N) is 1. The van der Waals surface area contributed by atoms with E-state index in [2.05, 4.69) is 31.0 Å². The van der Waals surface area contributed by atoms with Gasteiger partial charge in [0.1, 0.15) is 0 Å². The lowest BCUT2D eigenvalue weighted by atomic mass is 9.97. The lowest BCUT2D eigenvalue weighted by Crippen LogP contribution is -2.51. The van der Waals surface area contributed by atoms with Crippen LogP contribution in [0.15, 0.2) is 0 Å². The van der Waals surface area contributed by atoms with Crippen molar-refractivity contribution in [1.29, 1.82) is 0 Å². The van der Waals surface area contributed by atoms with Gasteiger partial charge in [0.05, 0.1) is 6.61 Å². The molecule has 0 bridgehead atoms. The molecule has 0 aliphatic carbocycles. The molecule has 1 fully saturated rings. The molecule has 0 aromatic rings. The largest absolute Gasteiger partial charge is 0.395 e. The molecule has 2 N–H and O–H groups in total. The molecular formula is C12H26N2O. The molecule has 3 nitrogen and oxygen atoms in total. The first kappa shape index (κ1) is 12.9. The summed E-state index contributed by atoms with van der Waals surface area (Å²) in [4.78, 5) is 2.53. The van der Waals surface area contributed by atoms with Gasteiger partial charge in [-0.1, -0.05) is 13.3 Å². The Kier molecular flexibility index (Phi) is 5.58. The summed E-state index contributed by atoms with van der Waals surface area (Å²) in [6.45, 7) is 8.84. The highest BCUT2D eigenvalue weighted by Crippen LogP contribution is 2.22. The molecule has 3 atom stereocenters. The second-order valence-corrected chi connectivity index (χ2v) is 4.76. The van der Waals surface area contributed by atoms with Crippen LogP contribution in [0.3, 0.4) is 0 Å². The molecule has 1 aliphatic heterocycles. The zero-order valence-corrected chi connectivity index (χ0v) is 10.4. The number of rotatable bonds is 5. The summed E-state index contributed by atoms with van der Waals surface area (Å²) in [7, 11) is 0. The van der Waals surface area contributed by atoms with E-state index in [4.69, 9.17) is 0 Å². The van der Waals surface area contributed by atoms with Crippen molar-refractivity contribution in [2.75, 3.05) is 19.7 Å². The Hall–Kier alpha value is -0.120. The van der Waals surface area contributed by atoms with E-state index < -0.39 is 0 Å². The van der Waals surface area contributed by atoms with E-state index in [1.54, 1.807) is 0 Å². The fraction of sp³-hybridized carbons (Fsp3) is 1.00. The summed E-state index contributed by atoms with van der Waals surface area (Å²) in [6.07, 6.45) is 3.95. The number of aliphatic hydroxyl groups excluding tert-OH is 1. The molecule has 0 amide bonds. The summed E-state index contributed by atoms with van der Waals surface area (Å²) in [5, 5.41) is 12.6. The van der Waals surface area contributed by atoms with Gasteiger partial charge in [0.2, 0.25) is 0 Å². The lowest BCUT2D eigenvalue weighted by molar-refractivity contribution is 0.0787. The van der Waals surface area contributed by atoms with Crippen molar-refractivity contribution in [3.63, 3.8) is 0 Å². The van der Waals surface area contributed by atoms with Gasteiger partial charge >= 0.3 is 0 Å². The average molecular weight is 214 g/mol. The number of aliphatic hydroxyl groups is 1. The van der Waals surface area contributed by atoms with E-state index in [-0.39, 0.29) is 12.6 Å². The third-order valence-electron chi connectivity index (χ3n) is 3.52. The first-order valence-electron chi connectivity index (χ1n) is 6.29. The van der Waals surface area contributed by atoms with Crippen LogP contribution in [0.1, 0.15) is 40.0 Å². The van der Waals surface area contributed by atoms with Crippen LogP contribution in [0.5, 0.6) is 0 Å². The van der Waals surface area contributed by atoms with Crippen LogP contribution in [0.25, 0.3) is 0 Å². The number of hydrogen-bond acceptors (Lipinski definition) is 3. The second kappa shape index (κ2) is 6.46. The number of nitrogens with one attached hydrogen (secondary N) is 1. The van der Waals surface area contributed by atoms with E-state index in [1.807, 2.05) is 0 Å². The van der Waals surface area contributed by atoms with E-state index in [0.29, 0.717) is 12.1 Å². The standard InChI is InChI=1S/C12H26N2O/c1-4-13-12(9-15)8-14-10(2)6-5-7-11(14)3/h10-13,15H,4-9H2,1-3H3/t10-,11+,12?. The molecule has 1 aliphatic rings. The molecule has 0 aromatic heterocycles. The Labute approximate surface area is 93.9 Å². The van der Waals surface area contributed by atoms with Crippen molar-refractivity contribution < 1.29 is 5.11 Å². The smallest absolute Gasteiger partial charge is 0.0597 e. The minimum Gasteiger partial charge on any atom is -0.395 e. The molecule has 1 saturated heterocycles. The molecule has 1 rings (SSSR count). The van der Waals surface area contributed by atoms with Gasteiger partial charge in [0.15, 0.2) is 0 Å². The SMILES string of the molecule is CCNC(CO)CN1[C@H](C)CCC[C@@H]1C. The van der Waals surface area contributed by atoms with Gasteiger partial charge in [0.25, 0.3) is 0 Å². The minimum absolute atomic E-state index is 0.234. The maximum Gasteiger partial charge on any atom is 0.0597 e. The van der Waals surface area contributed by atoms with Crippen LogP contribution < -0.4 is 5.32 Å². The zero-order valence-electron chi connectivity index (χ0n) is 10.4. The molecular weight excluding hydrogens is 188 g/mol. The maximum atomic E-state index is 9.27. The molecule has 1 unspecified atom stereocenters. The molecule has 0 saturated carbocycles. The predicted octanol–water partition coefficient (Wildman–Crippen LogP) is 1.22. The average Bonchev–Trinajstić information content (AvgIpc) is 2.22. The first-order chi connectivity index (χ1) is 7.19. The highest BCUT2D eigenvalue weighted by atomic mass is 16.3. The number of piperidine rings is 1. The van der Waals surface area contributed by atoms with Gasteiger partial charge in [-0.2, -0.15) is 0 Å². The minimum atomic E-state index is 0.234. The monoisotopic (exact) mass is 214 g/mol. The van der Waals surface area contributed by atoms with Crippen LogP contribution in [0.4, 0.5) is 0 Å². The fourth-order valence-electron chi connectivity index (χ4n) is 2.56. The van der Waals surface area contributed by atoms with Crippen molar-refractivity contribution in [3.05, 3.63) is 0 Å². The van der Waals surface area contributed by atoms with E-state index >= 15 is 0 Å². The summed E-state index contributed by atoms with van der Waals surface area (Å²) in [6, 6.07) is 1.57. The van der Waals surface area contributed by atoms with Crippen molar-refractivity contribution in [1.82, 2.24) is 10.2 Å². The quantitative estimate of drug-likeness (QED) is 0.722. The number of likely N-dealkylation sites (N-methyl/N-ethyl adjacent to an activating group) is 1. The number of hydrogen-bond donors (Lipinski definition) is 2. The molecule has 0 spiro atoms. The van der Waals surface area contributed by atoms with Gasteiger partial charge in [0, 0.05) is 24.7 Å². The topological polar surface area (TPSA) is 35.5 Å². The summed E-state index contributed by atoms with van der Waals surface area (Å²) < 4.78 is 0. The number of likely N-dealkylation sites (tertiary alicyclic amines) is 1. The molecule has 3 heteroatoms. The van der Waals surface area contributed by atoms with Crippen LogP contribution in [-0.2, 0) is 0 Å². The van der Waals surface area contributed by atoms with E-state index in [1.165, 1.54) is 19.3 Å². The van der Waals surface area contributed by atoms with Crippen LogP contribution in [-0.4, -0.2) is 47.8 Å². The molecule has 90 valence electrons. The Morgan fingerprint density at radius 2 is 1.93 bits per heavy atom. The van der Waals surface area contributed by atoms with Crippen LogP contribution in [0, 0.1) is 0 Å². The molecule has 15 heavy (non-hydrogen) atoms. The third kappa shape index (κ3) is 3.74. The Morgan fingerprint density at radius 3 is 2.40 bits per heavy atom. The first-order valence-corrected chi connectivity index (χ1v) is 6.29. The van der Waals surface area contributed by atoms with E-state index in [9.17, 15) is 5.11 Å². The van der Waals surface area contributed by atoms with Crippen LogP contribution in [0.2, 0.25) is 0 Å². The van der Waals surface area contributed by atoms with Crippen molar-refractivity contribution in [2.45, 2.75) is 58.2 Å². The summed E-state index contributed by atoms with van der Waals surface area (Å²) >= 11 is 0. The Bertz CT molecular complexity index is 165. The van der Waals surface area contributed by atoms with Gasteiger partial charge in [-0.05, 0) is 33.2 Å². The molecule has 0 radical (unpaired) electrons. The van der Waals surface area contributed by atoms with Gasteiger partial charge in [-0.15, -0.1) is 0 Å². The van der Waals surface area contributed by atoms with Crippen molar-refractivity contribution >= 4 is 0 Å². The molecule has 1 heterocycles. The maximum absolute atomic E-state index is 9.27. The van der Waals surface area contributed by atoms with Gasteiger partial charge < -0.3 is 10.4 Å². The fourth-order valence-corrected chi connectivity index (χ4v) is 2.56. The van der Waals surface area contributed by atoms with Gasteiger partial charge in [-0.3, -0.25) is 4.90 Å². The van der Waals surface area contributed by atoms with Gasteiger partial charge in [-0.25, -0.2) is 0 Å².